The highest BCUT2D eigenvalue weighted by molar-refractivity contribution is 6.30. The Hall–Kier alpha value is -2.53. The van der Waals surface area contributed by atoms with Crippen LogP contribution in [0.25, 0.3) is 0 Å². The van der Waals surface area contributed by atoms with Crippen LogP contribution in [0.5, 0.6) is 5.75 Å². The number of anilines is 1. The van der Waals surface area contributed by atoms with Gasteiger partial charge in [-0.2, -0.15) is 0 Å². The Kier molecular flexibility index (Phi) is 5.24. The van der Waals surface area contributed by atoms with E-state index in [0.717, 1.165) is 5.56 Å². The lowest BCUT2D eigenvalue weighted by molar-refractivity contribution is -0.123. The van der Waals surface area contributed by atoms with E-state index in [2.05, 4.69) is 5.32 Å². The van der Waals surface area contributed by atoms with Crippen LogP contribution in [0, 0.1) is 6.92 Å². The number of nitrogens with one attached hydrogen (secondary N) is 1. The largest absolute Gasteiger partial charge is 0.507 e. The molecule has 0 fully saturated rings. The Balaban J connectivity index is 2.01. The number of halogens is 1. The molecule has 23 heavy (non-hydrogen) atoms. The number of esters is 1. The molecule has 0 bridgehead atoms. The zero-order chi connectivity index (χ0) is 17.0. The van der Waals surface area contributed by atoms with Gasteiger partial charge < -0.3 is 15.2 Å². The van der Waals surface area contributed by atoms with E-state index < -0.39 is 18.0 Å². The van der Waals surface area contributed by atoms with E-state index >= 15 is 0 Å². The van der Waals surface area contributed by atoms with Gasteiger partial charge in [0, 0.05) is 10.7 Å². The van der Waals surface area contributed by atoms with Crippen molar-refractivity contribution in [2.45, 2.75) is 20.0 Å². The average molecular weight is 334 g/mol. The van der Waals surface area contributed by atoms with Crippen molar-refractivity contribution in [1.82, 2.24) is 0 Å². The number of aryl methyl sites for hydroxylation is 1. The molecule has 0 saturated carbocycles. The normalized spacial score (nSPS) is 11.6. The highest BCUT2D eigenvalue weighted by atomic mass is 35.5. The summed E-state index contributed by atoms with van der Waals surface area (Å²) in [5, 5.41) is 12.7. The lowest BCUT2D eigenvalue weighted by Crippen LogP contribution is -2.30. The highest BCUT2D eigenvalue weighted by Gasteiger charge is 2.21. The second-order valence-corrected chi connectivity index (χ2v) is 5.50. The van der Waals surface area contributed by atoms with Crippen molar-refractivity contribution in [3.63, 3.8) is 0 Å². The van der Waals surface area contributed by atoms with Gasteiger partial charge in [0.25, 0.3) is 5.91 Å². The van der Waals surface area contributed by atoms with Crippen molar-refractivity contribution in [3.05, 3.63) is 58.6 Å². The van der Waals surface area contributed by atoms with Crippen LogP contribution in [0.4, 0.5) is 5.69 Å². The molecule has 0 saturated heterocycles. The second-order valence-electron chi connectivity index (χ2n) is 5.07. The predicted octanol–water partition coefficient (Wildman–Crippen LogP) is 3.54. The van der Waals surface area contributed by atoms with E-state index in [-0.39, 0.29) is 11.3 Å². The lowest BCUT2D eigenvalue weighted by atomic mass is 10.2. The summed E-state index contributed by atoms with van der Waals surface area (Å²) in [5.41, 5.74) is 1.57. The van der Waals surface area contributed by atoms with Gasteiger partial charge in [-0.15, -0.1) is 0 Å². The maximum Gasteiger partial charge on any atom is 0.342 e. The summed E-state index contributed by atoms with van der Waals surface area (Å²) >= 11 is 5.70. The first-order valence-electron chi connectivity index (χ1n) is 6.94. The first-order chi connectivity index (χ1) is 10.9. The Labute approximate surface area is 138 Å². The quantitative estimate of drug-likeness (QED) is 0.839. The molecule has 2 N–H and O–H groups in total. The molecule has 1 amide bonds. The number of aromatic hydroxyl groups is 1. The molecular weight excluding hydrogens is 318 g/mol. The van der Waals surface area contributed by atoms with E-state index in [1.54, 1.807) is 12.1 Å². The van der Waals surface area contributed by atoms with Crippen molar-refractivity contribution >= 4 is 29.2 Å². The molecule has 2 aromatic rings. The van der Waals surface area contributed by atoms with Crippen LogP contribution in [0.2, 0.25) is 5.02 Å². The molecule has 6 heteroatoms. The maximum atomic E-state index is 12.1. The van der Waals surface area contributed by atoms with E-state index in [1.807, 2.05) is 19.1 Å². The molecule has 0 heterocycles. The number of amides is 1. The van der Waals surface area contributed by atoms with Gasteiger partial charge in [-0.1, -0.05) is 23.7 Å². The van der Waals surface area contributed by atoms with Gasteiger partial charge in [0.1, 0.15) is 11.3 Å². The molecule has 1 atom stereocenters. The number of carbonyl (C=O) groups is 2. The van der Waals surface area contributed by atoms with Gasteiger partial charge in [0.15, 0.2) is 6.10 Å². The zero-order valence-corrected chi connectivity index (χ0v) is 13.4. The molecule has 0 spiro atoms. The molecule has 2 rings (SSSR count). The fraction of sp³-hybridized carbons (Fsp3) is 0.176. The van der Waals surface area contributed by atoms with Gasteiger partial charge in [-0.25, -0.2) is 4.79 Å². The number of phenols is 1. The molecule has 0 aliphatic carbocycles. The van der Waals surface area contributed by atoms with Crippen molar-refractivity contribution in [2.75, 3.05) is 5.32 Å². The van der Waals surface area contributed by atoms with Gasteiger partial charge in [0.05, 0.1) is 0 Å². The topological polar surface area (TPSA) is 75.6 Å². The number of ether oxygens (including phenoxy) is 1. The predicted molar refractivity (Wildman–Crippen MR) is 87.8 cm³/mol. The zero-order valence-electron chi connectivity index (χ0n) is 12.7. The fourth-order valence-corrected chi connectivity index (χ4v) is 2.09. The smallest absolute Gasteiger partial charge is 0.342 e. The monoisotopic (exact) mass is 333 g/mol. The Morgan fingerprint density at radius 3 is 2.61 bits per heavy atom. The molecule has 0 aromatic heterocycles. The lowest BCUT2D eigenvalue weighted by Gasteiger charge is -2.14. The van der Waals surface area contributed by atoms with Gasteiger partial charge in [0.2, 0.25) is 0 Å². The highest BCUT2D eigenvalue weighted by Crippen LogP contribution is 2.23. The number of carbonyl (C=O) groups excluding carboxylic acids is 2. The third-order valence-corrected chi connectivity index (χ3v) is 3.35. The van der Waals surface area contributed by atoms with Gasteiger partial charge in [-0.05, 0) is 49.7 Å². The molecule has 2 aromatic carbocycles. The van der Waals surface area contributed by atoms with Crippen molar-refractivity contribution in [1.29, 1.82) is 0 Å². The van der Waals surface area contributed by atoms with Crippen LogP contribution >= 0.6 is 11.6 Å². The molecule has 0 unspecified atom stereocenters. The number of hydrogen-bond donors (Lipinski definition) is 2. The molecule has 0 radical (unpaired) electrons. The number of hydrogen-bond acceptors (Lipinski definition) is 4. The molecule has 5 nitrogen and oxygen atoms in total. The van der Waals surface area contributed by atoms with Crippen LogP contribution in [0.15, 0.2) is 42.5 Å². The van der Waals surface area contributed by atoms with Crippen molar-refractivity contribution in [3.8, 4) is 5.75 Å². The molecular formula is C17H16ClNO4. The standard InChI is InChI=1S/C17H16ClNO4/c1-10-4-3-5-13(8-10)19-16(21)11(2)23-17(22)14-7-6-12(18)9-15(14)20/h3-9,11,20H,1-2H3,(H,19,21)/t11-/m1/s1. The van der Waals surface area contributed by atoms with Crippen LogP contribution in [0.3, 0.4) is 0 Å². The third-order valence-electron chi connectivity index (χ3n) is 3.12. The number of phenolic OH excluding ortho intramolecular Hbond substituents is 1. The van der Waals surface area contributed by atoms with Crippen LogP contribution < -0.4 is 5.32 Å². The van der Waals surface area contributed by atoms with Crippen LogP contribution in [0.1, 0.15) is 22.8 Å². The van der Waals surface area contributed by atoms with Crippen LogP contribution in [-0.4, -0.2) is 23.1 Å². The van der Waals surface area contributed by atoms with E-state index in [1.165, 1.54) is 25.1 Å². The summed E-state index contributed by atoms with van der Waals surface area (Å²) in [4.78, 5) is 24.1. The number of rotatable bonds is 4. The molecule has 0 aliphatic rings. The maximum absolute atomic E-state index is 12.1. The first-order valence-corrected chi connectivity index (χ1v) is 7.31. The fourth-order valence-electron chi connectivity index (χ4n) is 1.92. The number of benzene rings is 2. The minimum Gasteiger partial charge on any atom is -0.507 e. The van der Waals surface area contributed by atoms with Gasteiger partial charge in [-0.3, -0.25) is 4.79 Å². The summed E-state index contributed by atoms with van der Waals surface area (Å²) in [6.45, 7) is 3.36. The Morgan fingerprint density at radius 1 is 1.22 bits per heavy atom. The van der Waals surface area contributed by atoms with E-state index in [4.69, 9.17) is 16.3 Å². The Morgan fingerprint density at radius 2 is 1.96 bits per heavy atom. The average Bonchev–Trinajstić information content (AvgIpc) is 2.46. The third kappa shape index (κ3) is 4.47. The summed E-state index contributed by atoms with van der Waals surface area (Å²) in [6, 6.07) is 11.3. The van der Waals surface area contributed by atoms with Gasteiger partial charge >= 0.3 is 5.97 Å². The van der Waals surface area contributed by atoms with E-state index in [0.29, 0.717) is 10.7 Å². The molecule has 0 aliphatic heterocycles. The first kappa shape index (κ1) is 16.8. The van der Waals surface area contributed by atoms with Crippen molar-refractivity contribution in [2.24, 2.45) is 0 Å². The summed E-state index contributed by atoms with van der Waals surface area (Å²) in [5.74, 6) is -1.56. The summed E-state index contributed by atoms with van der Waals surface area (Å²) in [7, 11) is 0. The van der Waals surface area contributed by atoms with Crippen LogP contribution in [-0.2, 0) is 9.53 Å². The van der Waals surface area contributed by atoms with Crippen molar-refractivity contribution < 1.29 is 19.4 Å². The molecule has 120 valence electrons. The second kappa shape index (κ2) is 7.15. The van der Waals surface area contributed by atoms with E-state index in [9.17, 15) is 14.7 Å². The SMILES string of the molecule is Cc1cccc(NC(=O)[C@@H](C)OC(=O)c2ccc(Cl)cc2O)c1. The summed E-state index contributed by atoms with van der Waals surface area (Å²) < 4.78 is 5.07. The summed E-state index contributed by atoms with van der Waals surface area (Å²) in [6.07, 6.45) is -1.02. The minimum absolute atomic E-state index is 0.0513. The minimum atomic E-state index is -1.02. The Bertz CT molecular complexity index is 745.